The van der Waals surface area contributed by atoms with E-state index in [1.165, 1.54) is 44.6 Å². The maximum atomic E-state index is 4.30. The molecule has 0 radical (unpaired) electrons. The van der Waals surface area contributed by atoms with Crippen LogP contribution in [0.4, 0.5) is 0 Å². The summed E-state index contributed by atoms with van der Waals surface area (Å²) in [5.74, 6) is 0.670. The lowest BCUT2D eigenvalue weighted by Crippen LogP contribution is -2.41. The van der Waals surface area contributed by atoms with E-state index in [0.717, 1.165) is 0 Å². The summed E-state index contributed by atoms with van der Waals surface area (Å²) in [5, 5.41) is 3.49. The van der Waals surface area contributed by atoms with E-state index in [0.29, 0.717) is 11.3 Å². The van der Waals surface area contributed by atoms with E-state index in [2.05, 4.69) is 40.6 Å². The van der Waals surface area contributed by atoms with E-state index in [-0.39, 0.29) is 0 Å². The smallest absolute Gasteiger partial charge is 0.0303 e. The van der Waals surface area contributed by atoms with Crippen molar-refractivity contribution in [2.45, 2.75) is 18.8 Å². The molecule has 0 saturated carbocycles. The second-order valence-corrected chi connectivity index (χ2v) is 5.65. The van der Waals surface area contributed by atoms with Crippen LogP contribution in [0.25, 0.3) is 0 Å². The van der Waals surface area contributed by atoms with Crippen LogP contribution in [0.1, 0.15) is 24.3 Å². The summed E-state index contributed by atoms with van der Waals surface area (Å²) in [4.78, 5) is 6.79. The van der Waals surface area contributed by atoms with E-state index in [4.69, 9.17) is 0 Å². The molecule has 3 heterocycles. The topological polar surface area (TPSA) is 28.2 Å². The normalized spacial score (nSPS) is 28.6. The first-order valence-electron chi connectivity index (χ1n) is 6.59. The van der Waals surface area contributed by atoms with Crippen LogP contribution in [0, 0.1) is 5.41 Å². The molecule has 2 aliphatic rings. The summed E-state index contributed by atoms with van der Waals surface area (Å²) in [6.45, 7) is 4.77. The van der Waals surface area contributed by atoms with Crippen LogP contribution < -0.4 is 5.32 Å². The number of rotatable bonds is 1. The Labute approximate surface area is 103 Å². The van der Waals surface area contributed by atoms with Crippen molar-refractivity contribution in [3.63, 3.8) is 0 Å². The zero-order valence-electron chi connectivity index (χ0n) is 10.5. The van der Waals surface area contributed by atoms with Crippen molar-refractivity contribution in [2.75, 3.05) is 33.2 Å². The third kappa shape index (κ3) is 1.98. The third-order valence-corrected chi connectivity index (χ3v) is 4.50. The molecule has 1 aromatic rings. The standard InChI is InChI=1S/C14H21N3/c1-17-10-13(12-3-2-6-16-9-12)14(11-17)4-7-15-8-5-14/h2-3,6,9,13,15H,4-5,7-8,10-11H2,1H3. The first kappa shape index (κ1) is 11.2. The third-order valence-electron chi connectivity index (χ3n) is 4.50. The van der Waals surface area contributed by atoms with Crippen LogP contribution in [-0.4, -0.2) is 43.1 Å². The van der Waals surface area contributed by atoms with Crippen LogP contribution in [0.15, 0.2) is 24.5 Å². The molecule has 2 aliphatic heterocycles. The van der Waals surface area contributed by atoms with Crippen LogP contribution in [-0.2, 0) is 0 Å². The first-order chi connectivity index (χ1) is 8.30. The predicted molar refractivity (Wildman–Crippen MR) is 69.0 cm³/mol. The molecular weight excluding hydrogens is 210 g/mol. The highest BCUT2D eigenvalue weighted by molar-refractivity contribution is 5.22. The Bertz CT molecular complexity index is 370. The number of likely N-dealkylation sites (tertiary alicyclic amines) is 1. The maximum absolute atomic E-state index is 4.30. The molecule has 17 heavy (non-hydrogen) atoms. The molecule has 2 fully saturated rings. The largest absolute Gasteiger partial charge is 0.317 e. The molecule has 0 aliphatic carbocycles. The van der Waals surface area contributed by atoms with E-state index in [1.807, 2.05) is 6.20 Å². The van der Waals surface area contributed by atoms with Crippen molar-refractivity contribution >= 4 is 0 Å². The summed E-state index contributed by atoms with van der Waals surface area (Å²) in [5.41, 5.74) is 1.92. The van der Waals surface area contributed by atoms with Gasteiger partial charge in [-0.1, -0.05) is 6.07 Å². The summed E-state index contributed by atoms with van der Waals surface area (Å²) < 4.78 is 0. The highest BCUT2D eigenvalue weighted by atomic mass is 15.1. The lowest BCUT2D eigenvalue weighted by atomic mass is 9.69. The average molecular weight is 231 g/mol. The van der Waals surface area contributed by atoms with Gasteiger partial charge in [-0.15, -0.1) is 0 Å². The number of aromatic nitrogens is 1. The van der Waals surface area contributed by atoms with Gasteiger partial charge in [0, 0.05) is 31.4 Å². The molecule has 0 bridgehead atoms. The minimum atomic E-state index is 0.489. The lowest BCUT2D eigenvalue weighted by Gasteiger charge is -2.38. The van der Waals surface area contributed by atoms with Crippen LogP contribution in [0.3, 0.4) is 0 Å². The van der Waals surface area contributed by atoms with Crippen molar-refractivity contribution in [3.8, 4) is 0 Å². The number of hydrogen-bond donors (Lipinski definition) is 1. The minimum Gasteiger partial charge on any atom is -0.317 e. The molecule has 1 spiro atoms. The number of hydrogen-bond acceptors (Lipinski definition) is 3. The molecule has 1 aromatic heterocycles. The van der Waals surface area contributed by atoms with Gasteiger partial charge in [0.15, 0.2) is 0 Å². The summed E-state index contributed by atoms with van der Waals surface area (Å²) in [7, 11) is 2.25. The quantitative estimate of drug-likeness (QED) is 0.793. The SMILES string of the molecule is CN1CC(c2cccnc2)C2(CCNCC2)C1. The molecule has 1 N–H and O–H groups in total. The maximum Gasteiger partial charge on any atom is 0.0303 e. The molecule has 1 unspecified atom stereocenters. The van der Waals surface area contributed by atoms with Crippen molar-refractivity contribution in [1.82, 2.24) is 15.2 Å². The summed E-state index contributed by atoms with van der Waals surface area (Å²) in [6.07, 6.45) is 6.54. The predicted octanol–water partition coefficient (Wildman–Crippen LogP) is 1.48. The minimum absolute atomic E-state index is 0.489. The van der Waals surface area contributed by atoms with Crippen molar-refractivity contribution in [3.05, 3.63) is 30.1 Å². The molecule has 2 saturated heterocycles. The summed E-state index contributed by atoms with van der Waals surface area (Å²) >= 11 is 0. The van der Waals surface area contributed by atoms with E-state index < -0.39 is 0 Å². The van der Waals surface area contributed by atoms with Gasteiger partial charge in [-0.05, 0) is 50.0 Å². The van der Waals surface area contributed by atoms with Crippen LogP contribution in [0.5, 0.6) is 0 Å². The van der Waals surface area contributed by atoms with Gasteiger partial charge in [-0.25, -0.2) is 0 Å². The molecule has 0 amide bonds. The van der Waals surface area contributed by atoms with E-state index in [9.17, 15) is 0 Å². The number of nitrogens with zero attached hydrogens (tertiary/aromatic N) is 2. The van der Waals surface area contributed by atoms with Crippen LogP contribution >= 0.6 is 0 Å². The highest BCUT2D eigenvalue weighted by Gasteiger charge is 2.46. The Morgan fingerprint density at radius 3 is 2.94 bits per heavy atom. The number of nitrogens with one attached hydrogen (secondary N) is 1. The zero-order chi connectivity index (χ0) is 11.7. The van der Waals surface area contributed by atoms with Crippen molar-refractivity contribution in [1.29, 1.82) is 0 Å². The number of pyridine rings is 1. The second-order valence-electron chi connectivity index (χ2n) is 5.65. The van der Waals surface area contributed by atoms with Gasteiger partial charge in [0.05, 0.1) is 0 Å². The Kier molecular flexibility index (Phi) is 2.89. The van der Waals surface area contributed by atoms with Crippen molar-refractivity contribution in [2.24, 2.45) is 5.41 Å². The van der Waals surface area contributed by atoms with Gasteiger partial charge in [-0.2, -0.15) is 0 Å². The van der Waals surface area contributed by atoms with Crippen molar-refractivity contribution < 1.29 is 0 Å². The zero-order valence-corrected chi connectivity index (χ0v) is 10.5. The fraction of sp³-hybridized carbons (Fsp3) is 0.643. The summed E-state index contributed by atoms with van der Waals surface area (Å²) in [6, 6.07) is 4.32. The Morgan fingerprint density at radius 1 is 1.41 bits per heavy atom. The van der Waals surface area contributed by atoms with Gasteiger partial charge < -0.3 is 10.2 Å². The van der Waals surface area contributed by atoms with E-state index in [1.54, 1.807) is 0 Å². The van der Waals surface area contributed by atoms with Gasteiger partial charge in [0.2, 0.25) is 0 Å². The molecule has 3 nitrogen and oxygen atoms in total. The highest BCUT2D eigenvalue weighted by Crippen LogP contribution is 2.47. The Hall–Kier alpha value is -0.930. The van der Waals surface area contributed by atoms with Gasteiger partial charge >= 0.3 is 0 Å². The fourth-order valence-corrected chi connectivity index (χ4v) is 3.69. The van der Waals surface area contributed by atoms with Gasteiger partial charge in [-0.3, -0.25) is 4.98 Å². The first-order valence-corrected chi connectivity index (χ1v) is 6.59. The lowest BCUT2D eigenvalue weighted by molar-refractivity contribution is 0.187. The fourth-order valence-electron chi connectivity index (χ4n) is 3.69. The Morgan fingerprint density at radius 2 is 2.24 bits per heavy atom. The average Bonchev–Trinajstić information content (AvgIpc) is 2.68. The monoisotopic (exact) mass is 231 g/mol. The van der Waals surface area contributed by atoms with Gasteiger partial charge in [0.25, 0.3) is 0 Å². The van der Waals surface area contributed by atoms with Gasteiger partial charge in [0.1, 0.15) is 0 Å². The number of likely N-dealkylation sites (N-methyl/N-ethyl adjacent to an activating group) is 1. The molecular formula is C14H21N3. The Balaban J connectivity index is 1.91. The number of piperidine rings is 1. The molecule has 3 heteroatoms. The van der Waals surface area contributed by atoms with Crippen LogP contribution in [0.2, 0.25) is 0 Å². The molecule has 1 atom stereocenters. The molecule has 3 rings (SSSR count). The van der Waals surface area contributed by atoms with E-state index >= 15 is 0 Å². The molecule has 92 valence electrons. The molecule has 0 aromatic carbocycles. The second kappa shape index (κ2) is 4.39.